The van der Waals surface area contributed by atoms with E-state index in [2.05, 4.69) is 41.8 Å². The third-order valence-electron chi connectivity index (χ3n) is 3.29. The second-order valence-electron chi connectivity index (χ2n) is 5.14. The minimum Gasteiger partial charge on any atom is -0.381 e. The molecule has 0 aliphatic heterocycles. The van der Waals surface area contributed by atoms with Crippen LogP contribution in [0, 0.1) is 0 Å². The van der Waals surface area contributed by atoms with Crippen molar-refractivity contribution in [2.24, 2.45) is 0 Å². The van der Waals surface area contributed by atoms with Gasteiger partial charge < -0.3 is 10.6 Å². The van der Waals surface area contributed by atoms with Crippen LogP contribution in [-0.4, -0.2) is 5.91 Å². The van der Waals surface area contributed by atoms with Gasteiger partial charge in [0.1, 0.15) is 0 Å². The molecule has 3 nitrogen and oxygen atoms in total. The van der Waals surface area contributed by atoms with Crippen LogP contribution in [-0.2, 0) is 17.8 Å². The molecule has 1 amide bonds. The number of hydrogen-bond donors (Lipinski definition) is 2. The van der Waals surface area contributed by atoms with E-state index in [9.17, 15) is 4.79 Å². The fraction of sp³-hybridized carbons (Fsp3) is 0.278. The molecule has 0 bridgehead atoms. The number of rotatable bonds is 6. The van der Waals surface area contributed by atoms with Gasteiger partial charge >= 0.3 is 0 Å². The fourth-order valence-electron chi connectivity index (χ4n) is 2.29. The van der Waals surface area contributed by atoms with Gasteiger partial charge in [-0.15, -0.1) is 0 Å². The van der Waals surface area contributed by atoms with Gasteiger partial charge in [-0.2, -0.15) is 0 Å². The van der Waals surface area contributed by atoms with Crippen molar-refractivity contribution in [3.05, 3.63) is 59.7 Å². The Morgan fingerprint density at radius 2 is 1.76 bits per heavy atom. The molecule has 0 atom stereocenters. The number of amides is 1. The summed E-state index contributed by atoms with van der Waals surface area (Å²) in [6.45, 7) is 4.48. The van der Waals surface area contributed by atoms with Gasteiger partial charge in [0.2, 0.25) is 5.91 Å². The van der Waals surface area contributed by atoms with Crippen LogP contribution in [0.5, 0.6) is 0 Å². The number of para-hydroxylation sites is 1. The third kappa shape index (κ3) is 4.63. The highest BCUT2D eigenvalue weighted by molar-refractivity contribution is 5.88. The van der Waals surface area contributed by atoms with Crippen LogP contribution in [0.3, 0.4) is 0 Å². The standard InChI is InChI=1S/C18H22N2O/c1-3-6-16-7-4-5-8-18(16)19-13-15-9-11-17(12-10-15)20-14(2)21/h4-5,7-12,19H,3,6,13H2,1-2H3,(H,20,21). The molecule has 0 fully saturated rings. The molecular formula is C18H22N2O. The molecule has 0 heterocycles. The summed E-state index contributed by atoms with van der Waals surface area (Å²) in [6.07, 6.45) is 2.23. The average molecular weight is 282 g/mol. The van der Waals surface area contributed by atoms with Crippen molar-refractivity contribution >= 4 is 17.3 Å². The van der Waals surface area contributed by atoms with Gasteiger partial charge in [0.25, 0.3) is 0 Å². The van der Waals surface area contributed by atoms with E-state index in [0.29, 0.717) is 0 Å². The van der Waals surface area contributed by atoms with Crippen LogP contribution in [0.15, 0.2) is 48.5 Å². The van der Waals surface area contributed by atoms with Gasteiger partial charge in [0.05, 0.1) is 0 Å². The molecule has 2 aromatic carbocycles. The number of hydrogen-bond acceptors (Lipinski definition) is 2. The Bertz CT molecular complexity index is 590. The third-order valence-corrected chi connectivity index (χ3v) is 3.29. The van der Waals surface area contributed by atoms with Crippen LogP contribution < -0.4 is 10.6 Å². The smallest absolute Gasteiger partial charge is 0.221 e. The Morgan fingerprint density at radius 3 is 2.43 bits per heavy atom. The quantitative estimate of drug-likeness (QED) is 0.833. The first-order chi connectivity index (χ1) is 10.2. The van der Waals surface area contributed by atoms with Crippen molar-refractivity contribution < 1.29 is 4.79 Å². The van der Waals surface area contributed by atoms with Crippen molar-refractivity contribution in [3.63, 3.8) is 0 Å². The minimum atomic E-state index is -0.0469. The van der Waals surface area contributed by atoms with E-state index in [4.69, 9.17) is 0 Å². The molecule has 3 heteroatoms. The topological polar surface area (TPSA) is 41.1 Å². The van der Waals surface area contributed by atoms with Crippen molar-refractivity contribution in [3.8, 4) is 0 Å². The van der Waals surface area contributed by atoms with E-state index in [1.807, 2.05) is 24.3 Å². The highest BCUT2D eigenvalue weighted by atomic mass is 16.1. The zero-order valence-electron chi connectivity index (χ0n) is 12.6. The summed E-state index contributed by atoms with van der Waals surface area (Å²) in [6, 6.07) is 16.3. The molecule has 0 spiro atoms. The molecule has 2 rings (SSSR count). The number of aryl methyl sites for hydroxylation is 1. The van der Waals surface area contributed by atoms with Gasteiger partial charge in [-0.1, -0.05) is 43.7 Å². The molecule has 2 N–H and O–H groups in total. The maximum absolute atomic E-state index is 11.0. The number of nitrogens with one attached hydrogen (secondary N) is 2. The summed E-state index contributed by atoms with van der Waals surface area (Å²) in [5, 5.41) is 6.26. The lowest BCUT2D eigenvalue weighted by Crippen LogP contribution is -2.06. The molecule has 0 aliphatic carbocycles. The average Bonchev–Trinajstić information content (AvgIpc) is 2.48. The van der Waals surface area contributed by atoms with Gasteiger partial charge in [-0.3, -0.25) is 4.79 Å². The zero-order valence-corrected chi connectivity index (χ0v) is 12.6. The van der Waals surface area contributed by atoms with Gasteiger partial charge in [-0.05, 0) is 35.7 Å². The summed E-state index contributed by atoms with van der Waals surface area (Å²) in [4.78, 5) is 11.0. The predicted octanol–water partition coefficient (Wildman–Crippen LogP) is 4.21. The first-order valence-electron chi connectivity index (χ1n) is 7.37. The minimum absolute atomic E-state index is 0.0469. The number of benzene rings is 2. The first kappa shape index (κ1) is 15.1. The monoisotopic (exact) mass is 282 g/mol. The SMILES string of the molecule is CCCc1ccccc1NCc1ccc(NC(C)=O)cc1. The Labute approximate surface area is 126 Å². The largest absolute Gasteiger partial charge is 0.381 e. The van der Waals surface area contributed by atoms with Crippen LogP contribution in [0.1, 0.15) is 31.4 Å². The van der Waals surface area contributed by atoms with E-state index in [1.54, 1.807) is 0 Å². The van der Waals surface area contributed by atoms with Gasteiger partial charge in [-0.25, -0.2) is 0 Å². The summed E-state index contributed by atoms with van der Waals surface area (Å²) in [5.41, 5.74) is 4.58. The summed E-state index contributed by atoms with van der Waals surface area (Å²) < 4.78 is 0. The molecule has 0 unspecified atom stereocenters. The molecule has 0 aliphatic rings. The second-order valence-corrected chi connectivity index (χ2v) is 5.14. The Kier molecular flexibility index (Phi) is 5.38. The Morgan fingerprint density at radius 1 is 1.05 bits per heavy atom. The van der Waals surface area contributed by atoms with Crippen molar-refractivity contribution in [2.75, 3.05) is 10.6 Å². The maximum Gasteiger partial charge on any atom is 0.221 e. The Balaban J connectivity index is 1.98. The van der Waals surface area contributed by atoms with E-state index in [1.165, 1.54) is 23.7 Å². The highest BCUT2D eigenvalue weighted by Gasteiger charge is 2.01. The van der Waals surface area contributed by atoms with Crippen molar-refractivity contribution in [2.45, 2.75) is 33.2 Å². The van der Waals surface area contributed by atoms with Gasteiger partial charge in [0, 0.05) is 24.8 Å². The second kappa shape index (κ2) is 7.48. The maximum atomic E-state index is 11.0. The van der Waals surface area contributed by atoms with Crippen molar-refractivity contribution in [1.29, 1.82) is 0 Å². The van der Waals surface area contributed by atoms with E-state index in [-0.39, 0.29) is 5.91 Å². The molecule has 21 heavy (non-hydrogen) atoms. The summed E-state index contributed by atoms with van der Waals surface area (Å²) in [5.74, 6) is -0.0469. The van der Waals surface area contributed by atoms with Crippen LogP contribution in [0.2, 0.25) is 0 Å². The van der Waals surface area contributed by atoms with Crippen molar-refractivity contribution in [1.82, 2.24) is 0 Å². The molecule has 0 saturated heterocycles. The van der Waals surface area contributed by atoms with Crippen LogP contribution >= 0.6 is 0 Å². The van der Waals surface area contributed by atoms with E-state index in [0.717, 1.165) is 25.1 Å². The fourth-order valence-corrected chi connectivity index (χ4v) is 2.29. The first-order valence-corrected chi connectivity index (χ1v) is 7.37. The molecule has 110 valence electrons. The lowest BCUT2D eigenvalue weighted by Gasteiger charge is -2.12. The molecular weight excluding hydrogens is 260 g/mol. The number of anilines is 2. The molecule has 0 aromatic heterocycles. The lowest BCUT2D eigenvalue weighted by atomic mass is 10.1. The molecule has 2 aromatic rings. The molecule has 0 saturated carbocycles. The Hall–Kier alpha value is -2.29. The highest BCUT2D eigenvalue weighted by Crippen LogP contribution is 2.18. The normalized spacial score (nSPS) is 10.2. The lowest BCUT2D eigenvalue weighted by molar-refractivity contribution is -0.114. The predicted molar refractivity (Wildman–Crippen MR) is 88.5 cm³/mol. The van der Waals surface area contributed by atoms with E-state index >= 15 is 0 Å². The van der Waals surface area contributed by atoms with Crippen LogP contribution in [0.25, 0.3) is 0 Å². The number of carbonyl (C=O) groups excluding carboxylic acids is 1. The molecule has 0 radical (unpaired) electrons. The number of carbonyl (C=O) groups is 1. The van der Waals surface area contributed by atoms with Crippen LogP contribution in [0.4, 0.5) is 11.4 Å². The summed E-state index contributed by atoms with van der Waals surface area (Å²) in [7, 11) is 0. The summed E-state index contributed by atoms with van der Waals surface area (Å²) >= 11 is 0. The zero-order chi connectivity index (χ0) is 15.1. The van der Waals surface area contributed by atoms with E-state index < -0.39 is 0 Å². The van der Waals surface area contributed by atoms with Gasteiger partial charge in [0.15, 0.2) is 0 Å².